The maximum Gasteiger partial charge on any atom is 0.0429 e. The predicted molar refractivity (Wildman–Crippen MR) is 117 cm³/mol. The third-order valence-electron chi connectivity index (χ3n) is 4.98. The summed E-state index contributed by atoms with van der Waals surface area (Å²) in [4.78, 5) is 0. The summed E-state index contributed by atoms with van der Waals surface area (Å²) in [5.41, 5.74) is 7.27. The number of aryl methyl sites for hydroxylation is 1. The summed E-state index contributed by atoms with van der Waals surface area (Å²) in [6.07, 6.45) is 0. The van der Waals surface area contributed by atoms with Crippen molar-refractivity contribution in [1.82, 2.24) is 0 Å². The Hall–Kier alpha value is -1.87. The zero-order valence-electron chi connectivity index (χ0n) is 15.0. The maximum absolute atomic E-state index is 4.21. The lowest BCUT2D eigenvalue weighted by molar-refractivity contribution is 0.690. The second kappa shape index (κ2) is 7.17. The molecule has 1 heteroatoms. The molecular weight excluding hydrogens is 415 g/mol. The number of allylic oxidation sites excluding steroid dienone is 1. The summed E-state index contributed by atoms with van der Waals surface area (Å²) < 4.78 is 1.25. The van der Waals surface area contributed by atoms with Gasteiger partial charge in [0.2, 0.25) is 0 Å². The van der Waals surface area contributed by atoms with E-state index in [9.17, 15) is 0 Å². The number of hydrogen-bond donors (Lipinski definition) is 0. The molecule has 0 bridgehead atoms. The monoisotopic (exact) mass is 438 g/mol. The van der Waals surface area contributed by atoms with Crippen LogP contribution in [0.4, 0.5) is 0 Å². The summed E-state index contributed by atoms with van der Waals surface area (Å²) >= 11 is 2.36. The van der Waals surface area contributed by atoms with Gasteiger partial charge >= 0.3 is 0 Å². The van der Waals surface area contributed by atoms with E-state index in [1.165, 1.54) is 31.4 Å². The molecule has 0 spiro atoms. The Morgan fingerprint density at radius 2 is 1.36 bits per heavy atom. The van der Waals surface area contributed by atoms with Crippen molar-refractivity contribution >= 4 is 28.2 Å². The van der Waals surface area contributed by atoms with E-state index in [4.69, 9.17) is 0 Å². The van der Waals surface area contributed by atoms with Gasteiger partial charge in [-0.3, -0.25) is 0 Å². The van der Waals surface area contributed by atoms with E-state index in [0.717, 1.165) is 5.57 Å². The second-order valence-corrected chi connectivity index (χ2v) is 8.07. The van der Waals surface area contributed by atoms with E-state index < -0.39 is 0 Å². The molecule has 0 amide bonds. The minimum atomic E-state index is -0.229. The highest BCUT2D eigenvalue weighted by Gasteiger charge is 2.33. The van der Waals surface area contributed by atoms with Crippen molar-refractivity contribution in [2.45, 2.75) is 26.2 Å². The molecule has 0 heterocycles. The minimum Gasteiger partial charge on any atom is -0.0955 e. The van der Waals surface area contributed by atoms with E-state index in [0.29, 0.717) is 0 Å². The van der Waals surface area contributed by atoms with Gasteiger partial charge in [0.25, 0.3) is 0 Å². The van der Waals surface area contributed by atoms with Gasteiger partial charge in [0.15, 0.2) is 0 Å². The SMILES string of the molecule is C=C(C)c1ccccc1C(C)(c1ccc(C)cc1)c1ccc(I)cc1. The van der Waals surface area contributed by atoms with Crippen LogP contribution in [0.2, 0.25) is 0 Å². The van der Waals surface area contributed by atoms with Crippen molar-refractivity contribution in [3.8, 4) is 0 Å². The Balaban J connectivity index is 2.32. The molecule has 3 rings (SSSR count). The molecule has 0 N–H and O–H groups in total. The zero-order valence-corrected chi connectivity index (χ0v) is 17.2. The van der Waals surface area contributed by atoms with Crippen LogP contribution in [0.1, 0.15) is 41.7 Å². The minimum absolute atomic E-state index is 0.229. The van der Waals surface area contributed by atoms with E-state index in [2.05, 4.69) is 123 Å². The molecule has 0 saturated heterocycles. The van der Waals surface area contributed by atoms with E-state index in [1.807, 2.05) is 0 Å². The van der Waals surface area contributed by atoms with Crippen LogP contribution in [-0.2, 0) is 5.41 Å². The standard InChI is InChI=1S/C24H23I/c1-17(2)22-7-5-6-8-23(22)24(4,19-11-9-18(3)10-12-19)20-13-15-21(25)16-14-20/h5-16H,1H2,2-4H3. The third kappa shape index (κ3) is 3.43. The highest BCUT2D eigenvalue weighted by atomic mass is 127. The lowest BCUT2D eigenvalue weighted by Crippen LogP contribution is -2.26. The average molecular weight is 438 g/mol. The predicted octanol–water partition coefficient (Wildman–Crippen LogP) is 6.99. The fraction of sp³-hybridized carbons (Fsp3) is 0.167. The quantitative estimate of drug-likeness (QED) is 0.304. The van der Waals surface area contributed by atoms with Gasteiger partial charge in [-0.2, -0.15) is 0 Å². The molecule has 3 aromatic rings. The van der Waals surface area contributed by atoms with Gasteiger partial charge in [0.1, 0.15) is 0 Å². The van der Waals surface area contributed by atoms with Crippen LogP contribution in [0.15, 0.2) is 79.4 Å². The largest absolute Gasteiger partial charge is 0.0955 e. The van der Waals surface area contributed by atoms with Crippen LogP contribution in [-0.4, -0.2) is 0 Å². The van der Waals surface area contributed by atoms with Crippen molar-refractivity contribution in [3.05, 3.63) is 111 Å². The fourth-order valence-electron chi connectivity index (χ4n) is 3.44. The van der Waals surface area contributed by atoms with Crippen molar-refractivity contribution in [2.24, 2.45) is 0 Å². The summed E-state index contributed by atoms with van der Waals surface area (Å²) in [6.45, 7) is 10.8. The third-order valence-corrected chi connectivity index (χ3v) is 5.70. The molecule has 0 aliphatic rings. The Morgan fingerprint density at radius 3 is 1.92 bits per heavy atom. The van der Waals surface area contributed by atoms with Crippen LogP contribution < -0.4 is 0 Å². The van der Waals surface area contributed by atoms with E-state index in [-0.39, 0.29) is 5.41 Å². The number of benzene rings is 3. The lowest BCUT2D eigenvalue weighted by Gasteiger charge is -2.34. The molecule has 1 atom stereocenters. The first kappa shape index (κ1) is 17.9. The highest BCUT2D eigenvalue weighted by molar-refractivity contribution is 14.1. The molecule has 0 radical (unpaired) electrons. The number of hydrogen-bond acceptors (Lipinski definition) is 0. The van der Waals surface area contributed by atoms with Crippen LogP contribution in [0.25, 0.3) is 5.57 Å². The van der Waals surface area contributed by atoms with E-state index >= 15 is 0 Å². The molecule has 3 aromatic carbocycles. The van der Waals surface area contributed by atoms with Gasteiger partial charge in [0, 0.05) is 8.99 Å². The summed E-state index contributed by atoms with van der Waals surface area (Å²) in [5, 5.41) is 0. The summed E-state index contributed by atoms with van der Waals surface area (Å²) in [7, 11) is 0. The fourth-order valence-corrected chi connectivity index (χ4v) is 3.80. The van der Waals surface area contributed by atoms with Crippen molar-refractivity contribution in [1.29, 1.82) is 0 Å². The average Bonchev–Trinajstić information content (AvgIpc) is 2.62. The first-order chi connectivity index (χ1) is 11.9. The van der Waals surface area contributed by atoms with Gasteiger partial charge in [0.05, 0.1) is 0 Å². The summed E-state index contributed by atoms with van der Waals surface area (Å²) in [5.74, 6) is 0. The number of rotatable bonds is 4. The Bertz CT molecular complexity index is 841. The Morgan fingerprint density at radius 1 is 0.840 bits per heavy atom. The number of halogens is 1. The first-order valence-corrected chi connectivity index (χ1v) is 9.59. The van der Waals surface area contributed by atoms with Crippen LogP contribution >= 0.6 is 22.6 Å². The van der Waals surface area contributed by atoms with Crippen molar-refractivity contribution < 1.29 is 0 Å². The van der Waals surface area contributed by atoms with Gasteiger partial charge in [-0.1, -0.05) is 78.4 Å². The molecule has 0 aliphatic carbocycles. The van der Waals surface area contributed by atoms with Gasteiger partial charge < -0.3 is 0 Å². The highest BCUT2D eigenvalue weighted by Crippen LogP contribution is 2.42. The Kier molecular flexibility index (Phi) is 5.14. The van der Waals surface area contributed by atoms with Crippen molar-refractivity contribution in [2.75, 3.05) is 0 Å². The second-order valence-electron chi connectivity index (χ2n) is 6.82. The van der Waals surface area contributed by atoms with Crippen LogP contribution in [0.3, 0.4) is 0 Å². The topological polar surface area (TPSA) is 0 Å². The molecule has 0 aromatic heterocycles. The molecule has 0 aliphatic heterocycles. The molecule has 0 nitrogen and oxygen atoms in total. The smallest absolute Gasteiger partial charge is 0.0429 e. The van der Waals surface area contributed by atoms with Gasteiger partial charge in [-0.15, -0.1) is 0 Å². The normalized spacial score (nSPS) is 13.3. The molecular formula is C24H23I. The van der Waals surface area contributed by atoms with Crippen LogP contribution in [0.5, 0.6) is 0 Å². The van der Waals surface area contributed by atoms with Crippen LogP contribution in [0, 0.1) is 10.5 Å². The molecule has 25 heavy (non-hydrogen) atoms. The lowest BCUT2D eigenvalue weighted by atomic mass is 9.69. The molecule has 126 valence electrons. The summed E-state index contributed by atoms with van der Waals surface area (Å²) in [6, 6.07) is 26.4. The first-order valence-electron chi connectivity index (χ1n) is 8.51. The zero-order chi connectivity index (χ0) is 18.0. The molecule has 0 fully saturated rings. The van der Waals surface area contributed by atoms with Gasteiger partial charge in [-0.05, 0) is 77.7 Å². The maximum atomic E-state index is 4.21. The Labute approximate surface area is 164 Å². The molecule has 0 saturated carbocycles. The molecule has 1 unspecified atom stereocenters. The van der Waals surface area contributed by atoms with Gasteiger partial charge in [-0.25, -0.2) is 0 Å². The van der Waals surface area contributed by atoms with Crippen molar-refractivity contribution in [3.63, 3.8) is 0 Å². The van der Waals surface area contributed by atoms with E-state index in [1.54, 1.807) is 0 Å².